The van der Waals surface area contributed by atoms with Crippen molar-refractivity contribution >= 4 is 17.6 Å². The number of benzene rings is 1. The highest BCUT2D eigenvalue weighted by atomic mass is 35.5. The van der Waals surface area contributed by atoms with Gasteiger partial charge in [0.15, 0.2) is 0 Å². The minimum absolute atomic E-state index is 0.0895. The lowest BCUT2D eigenvalue weighted by Crippen LogP contribution is -2.34. The molecule has 0 saturated carbocycles. The van der Waals surface area contributed by atoms with Crippen molar-refractivity contribution in [3.05, 3.63) is 28.3 Å². The van der Waals surface area contributed by atoms with E-state index in [4.69, 9.17) is 22.1 Å². The van der Waals surface area contributed by atoms with Crippen LogP contribution >= 0.6 is 11.6 Å². The lowest BCUT2D eigenvalue weighted by atomic mass is 10.0. The predicted octanol–water partition coefficient (Wildman–Crippen LogP) is 1.79. The van der Waals surface area contributed by atoms with Crippen LogP contribution in [0.3, 0.4) is 0 Å². The summed E-state index contributed by atoms with van der Waals surface area (Å²) in [6.07, 6.45) is 0.199. The summed E-state index contributed by atoms with van der Waals surface area (Å²) in [6.45, 7) is 3.79. The highest BCUT2D eigenvalue weighted by Gasteiger charge is 2.17. The zero-order valence-electron chi connectivity index (χ0n) is 9.87. The number of aromatic hydroxyl groups is 1. The smallest absolute Gasteiger partial charge is 0.323 e. The Hall–Kier alpha value is -1.26. The maximum Gasteiger partial charge on any atom is 0.323 e. The number of phenols is 1. The van der Waals surface area contributed by atoms with Gasteiger partial charge in [0.25, 0.3) is 0 Å². The van der Waals surface area contributed by atoms with Crippen molar-refractivity contribution < 1.29 is 14.6 Å². The molecule has 17 heavy (non-hydrogen) atoms. The van der Waals surface area contributed by atoms with Gasteiger partial charge in [-0.1, -0.05) is 11.6 Å². The summed E-state index contributed by atoms with van der Waals surface area (Å²) < 4.78 is 4.79. The van der Waals surface area contributed by atoms with Crippen molar-refractivity contribution in [1.82, 2.24) is 0 Å². The fourth-order valence-corrected chi connectivity index (χ4v) is 1.63. The fraction of sp³-hybridized carbons (Fsp3) is 0.417. The van der Waals surface area contributed by atoms with Crippen LogP contribution in [0.15, 0.2) is 12.1 Å². The number of aryl methyl sites for hydroxylation is 1. The standard InChI is InChI=1S/C12H16ClNO3/c1-3-17-12(16)10(14)6-8-5-9(13)7(2)4-11(8)15/h4-5,10,15H,3,6,14H2,1-2H3. The van der Waals surface area contributed by atoms with E-state index in [1.54, 1.807) is 26.0 Å². The first-order valence-corrected chi connectivity index (χ1v) is 5.73. The van der Waals surface area contributed by atoms with E-state index in [9.17, 15) is 9.90 Å². The Kier molecular flexibility index (Phi) is 4.78. The zero-order valence-corrected chi connectivity index (χ0v) is 10.6. The summed E-state index contributed by atoms with van der Waals surface area (Å²) in [5.41, 5.74) is 6.98. The van der Waals surface area contributed by atoms with Gasteiger partial charge in [0.1, 0.15) is 11.8 Å². The third kappa shape index (κ3) is 3.61. The van der Waals surface area contributed by atoms with Crippen LogP contribution in [0, 0.1) is 6.92 Å². The topological polar surface area (TPSA) is 72.5 Å². The van der Waals surface area contributed by atoms with Crippen molar-refractivity contribution in [1.29, 1.82) is 0 Å². The fourth-order valence-electron chi connectivity index (χ4n) is 1.44. The number of hydrogen-bond acceptors (Lipinski definition) is 4. The van der Waals surface area contributed by atoms with Gasteiger partial charge in [0.05, 0.1) is 6.61 Å². The molecule has 0 heterocycles. The van der Waals surface area contributed by atoms with E-state index in [0.717, 1.165) is 5.56 Å². The van der Waals surface area contributed by atoms with E-state index >= 15 is 0 Å². The zero-order chi connectivity index (χ0) is 13.0. The third-order valence-electron chi connectivity index (χ3n) is 2.39. The van der Waals surface area contributed by atoms with Crippen LogP contribution in [0.1, 0.15) is 18.1 Å². The van der Waals surface area contributed by atoms with E-state index in [1.165, 1.54) is 0 Å². The molecule has 0 bridgehead atoms. The largest absolute Gasteiger partial charge is 0.508 e. The van der Waals surface area contributed by atoms with Gasteiger partial charge in [-0.25, -0.2) is 0 Å². The maximum absolute atomic E-state index is 11.3. The van der Waals surface area contributed by atoms with Gasteiger partial charge in [-0.2, -0.15) is 0 Å². The van der Waals surface area contributed by atoms with Gasteiger partial charge in [0, 0.05) is 11.4 Å². The summed E-state index contributed by atoms with van der Waals surface area (Å²) in [4.78, 5) is 11.3. The van der Waals surface area contributed by atoms with Gasteiger partial charge in [-0.05, 0) is 37.1 Å². The van der Waals surface area contributed by atoms with Crippen LogP contribution in [-0.4, -0.2) is 23.7 Å². The number of ether oxygens (including phenoxy) is 1. The third-order valence-corrected chi connectivity index (χ3v) is 2.80. The summed E-state index contributed by atoms with van der Waals surface area (Å²) in [5, 5.41) is 10.2. The van der Waals surface area contributed by atoms with Crippen LogP contribution in [0.5, 0.6) is 5.75 Å². The Balaban J connectivity index is 2.81. The number of carbonyl (C=O) groups is 1. The quantitative estimate of drug-likeness (QED) is 0.807. The first-order valence-electron chi connectivity index (χ1n) is 5.36. The molecule has 1 atom stereocenters. The number of halogens is 1. The van der Waals surface area contributed by atoms with E-state index in [-0.39, 0.29) is 18.8 Å². The Labute approximate surface area is 105 Å². The van der Waals surface area contributed by atoms with E-state index in [2.05, 4.69) is 0 Å². The van der Waals surface area contributed by atoms with Crippen LogP contribution in [0.25, 0.3) is 0 Å². The molecule has 5 heteroatoms. The number of nitrogens with two attached hydrogens (primary N) is 1. The molecule has 4 nitrogen and oxygen atoms in total. The molecular formula is C12H16ClNO3. The Morgan fingerprint density at radius 3 is 2.82 bits per heavy atom. The van der Waals surface area contributed by atoms with Crippen LogP contribution in [-0.2, 0) is 16.0 Å². The van der Waals surface area contributed by atoms with Gasteiger partial charge in [0.2, 0.25) is 0 Å². The second kappa shape index (κ2) is 5.89. The van der Waals surface area contributed by atoms with Crippen molar-refractivity contribution in [2.45, 2.75) is 26.3 Å². The Morgan fingerprint density at radius 1 is 1.59 bits per heavy atom. The number of rotatable bonds is 4. The number of phenolic OH excluding ortho intramolecular Hbond substituents is 1. The average Bonchev–Trinajstić information content (AvgIpc) is 2.26. The molecule has 1 rings (SSSR count). The summed E-state index contributed by atoms with van der Waals surface area (Å²) in [5.74, 6) is -0.393. The minimum Gasteiger partial charge on any atom is -0.508 e. The highest BCUT2D eigenvalue weighted by molar-refractivity contribution is 6.31. The Bertz CT molecular complexity index is 420. The van der Waals surface area contributed by atoms with Crippen LogP contribution in [0.4, 0.5) is 0 Å². The van der Waals surface area contributed by atoms with Crippen LogP contribution in [0.2, 0.25) is 5.02 Å². The average molecular weight is 258 g/mol. The van der Waals surface area contributed by atoms with Gasteiger partial charge in [-0.3, -0.25) is 4.79 Å². The molecule has 0 amide bonds. The molecule has 0 fully saturated rings. The van der Waals surface area contributed by atoms with Crippen molar-refractivity contribution in [3.63, 3.8) is 0 Å². The number of hydrogen-bond donors (Lipinski definition) is 2. The maximum atomic E-state index is 11.3. The number of carbonyl (C=O) groups excluding carboxylic acids is 1. The van der Waals surface area contributed by atoms with Gasteiger partial charge < -0.3 is 15.6 Å². The molecule has 0 saturated heterocycles. The second-order valence-electron chi connectivity index (χ2n) is 3.79. The van der Waals surface area contributed by atoms with Crippen LogP contribution < -0.4 is 5.73 Å². The molecule has 1 unspecified atom stereocenters. The summed E-state index contributed by atoms with van der Waals surface area (Å²) in [6, 6.07) is 2.38. The summed E-state index contributed by atoms with van der Waals surface area (Å²) >= 11 is 5.94. The molecule has 0 spiro atoms. The molecule has 1 aromatic rings. The summed E-state index contributed by atoms with van der Waals surface area (Å²) in [7, 11) is 0. The first kappa shape index (κ1) is 13.8. The van der Waals surface area contributed by atoms with Gasteiger partial charge >= 0.3 is 5.97 Å². The number of esters is 1. The minimum atomic E-state index is -0.792. The molecule has 3 N–H and O–H groups in total. The molecular weight excluding hydrogens is 242 g/mol. The monoisotopic (exact) mass is 257 g/mol. The molecule has 0 aliphatic rings. The molecule has 0 aromatic heterocycles. The van der Waals surface area contributed by atoms with Gasteiger partial charge in [-0.15, -0.1) is 0 Å². The van der Waals surface area contributed by atoms with Crippen molar-refractivity contribution in [2.75, 3.05) is 6.61 Å². The normalized spacial score (nSPS) is 12.2. The molecule has 1 aromatic carbocycles. The SMILES string of the molecule is CCOC(=O)C(N)Cc1cc(Cl)c(C)cc1O. The van der Waals surface area contributed by atoms with E-state index < -0.39 is 12.0 Å². The van der Waals surface area contributed by atoms with Crippen molar-refractivity contribution in [2.24, 2.45) is 5.73 Å². The Morgan fingerprint density at radius 2 is 2.24 bits per heavy atom. The highest BCUT2D eigenvalue weighted by Crippen LogP contribution is 2.26. The first-order chi connectivity index (χ1) is 7.95. The second-order valence-corrected chi connectivity index (χ2v) is 4.20. The van der Waals surface area contributed by atoms with E-state index in [0.29, 0.717) is 10.6 Å². The molecule has 94 valence electrons. The molecule has 0 aliphatic carbocycles. The van der Waals surface area contributed by atoms with Crippen molar-refractivity contribution in [3.8, 4) is 5.75 Å². The lowest BCUT2D eigenvalue weighted by molar-refractivity contribution is -0.144. The lowest BCUT2D eigenvalue weighted by Gasteiger charge is -2.12. The molecule has 0 radical (unpaired) electrons. The van der Waals surface area contributed by atoms with E-state index in [1.807, 2.05) is 0 Å². The molecule has 0 aliphatic heterocycles. The predicted molar refractivity (Wildman–Crippen MR) is 66.2 cm³/mol.